The molecule has 2 unspecified atom stereocenters. The highest BCUT2D eigenvalue weighted by Gasteiger charge is 2.27. The van der Waals surface area contributed by atoms with Crippen LogP contribution in [0.5, 0.6) is 0 Å². The van der Waals surface area contributed by atoms with Gasteiger partial charge in [-0.3, -0.25) is 0 Å². The third kappa shape index (κ3) is 2.64. The van der Waals surface area contributed by atoms with Crippen LogP contribution in [0.2, 0.25) is 5.02 Å². The predicted octanol–water partition coefficient (Wildman–Crippen LogP) is 2.32. The highest BCUT2D eigenvalue weighted by molar-refractivity contribution is 6.30. The highest BCUT2D eigenvalue weighted by Crippen LogP contribution is 2.28. The topological polar surface area (TPSA) is 51.4 Å². The van der Waals surface area contributed by atoms with E-state index < -0.39 is 0 Å². The Morgan fingerprint density at radius 3 is 3.06 bits per heavy atom. The van der Waals surface area contributed by atoms with Gasteiger partial charge in [-0.1, -0.05) is 18.5 Å². The minimum absolute atomic E-state index is 0.203. The summed E-state index contributed by atoms with van der Waals surface area (Å²) in [6.07, 6.45) is 2.85. The van der Waals surface area contributed by atoms with E-state index in [1.54, 1.807) is 12.3 Å². The number of pyridine rings is 1. The minimum Gasteiger partial charge on any atom is -0.396 e. The SMILES string of the molecule is CCC1COC(C)CN1c1ncc(Cl)cc1N. The zero-order valence-corrected chi connectivity index (χ0v) is 10.9. The van der Waals surface area contributed by atoms with Gasteiger partial charge >= 0.3 is 0 Å². The molecule has 0 bridgehead atoms. The smallest absolute Gasteiger partial charge is 0.152 e. The zero-order chi connectivity index (χ0) is 12.4. The van der Waals surface area contributed by atoms with Crippen molar-refractivity contribution in [1.82, 2.24) is 4.98 Å². The normalized spacial score (nSPS) is 25.0. The van der Waals surface area contributed by atoms with E-state index in [0.717, 1.165) is 25.4 Å². The van der Waals surface area contributed by atoms with Gasteiger partial charge in [0.15, 0.2) is 5.82 Å². The lowest BCUT2D eigenvalue weighted by atomic mass is 10.1. The van der Waals surface area contributed by atoms with Crippen LogP contribution in [0.3, 0.4) is 0 Å². The number of nitrogens with two attached hydrogens (primary N) is 1. The molecular formula is C12H18ClN3O. The quantitative estimate of drug-likeness (QED) is 0.881. The number of nitrogen functional groups attached to an aromatic ring is 1. The van der Waals surface area contributed by atoms with E-state index in [2.05, 4.69) is 23.7 Å². The summed E-state index contributed by atoms with van der Waals surface area (Å²) in [5.74, 6) is 0.816. The van der Waals surface area contributed by atoms with Crippen LogP contribution in [0, 0.1) is 0 Å². The summed E-state index contributed by atoms with van der Waals surface area (Å²) < 4.78 is 5.66. The summed E-state index contributed by atoms with van der Waals surface area (Å²) >= 11 is 5.87. The summed E-state index contributed by atoms with van der Waals surface area (Å²) in [7, 11) is 0. The van der Waals surface area contributed by atoms with Gasteiger partial charge in [-0.25, -0.2) is 4.98 Å². The average Bonchev–Trinajstić information content (AvgIpc) is 2.29. The molecule has 2 rings (SSSR count). The standard InChI is InChI=1S/C12H18ClN3O/c1-3-10-7-17-8(2)6-16(10)12-11(14)4-9(13)5-15-12/h4-5,8,10H,3,6-7,14H2,1-2H3. The molecule has 1 aliphatic rings. The van der Waals surface area contributed by atoms with Crippen LogP contribution in [0.4, 0.5) is 11.5 Å². The van der Waals surface area contributed by atoms with Crippen LogP contribution in [-0.4, -0.2) is 30.3 Å². The van der Waals surface area contributed by atoms with E-state index in [9.17, 15) is 0 Å². The number of ether oxygens (including phenoxy) is 1. The Bertz CT molecular complexity index is 399. The van der Waals surface area contributed by atoms with Gasteiger partial charge in [0.1, 0.15) is 0 Å². The maximum atomic E-state index is 5.99. The third-order valence-electron chi connectivity index (χ3n) is 3.07. The van der Waals surface area contributed by atoms with Crippen LogP contribution in [0.15, 0.2) is 12.3 Å². The molecule has 0 amide bonds. The first-order valence-corrected chi connectivity index (χ1v) is 6.29. The van der Waals surface area contributed by atoms with Crippen molar-refractivity contribution >= 4 is 23.1 Å². The first-order valence-electron chi connectivity index (χ1n) is 5.91. The number of morpholine rings is 1. The van der Waals surface area contributed by atoms with Gasteiger partial charge in [-0.05, 0) is 19.4 Å². The van der Waals surface area contributed by atoms with Gasteiger partial charge in [0.25, 0.3) is 0 Å². The van der Waals surface area contributed by atoms with Crippen LogP contribution in [0.25, 0.3) is 0 Å². The van der Waals surface area contributed by atoms with Gasteiger partial charge in [-0.2, -0.15) is 0 Å². The summed E-state index contributed by atoms with van der Waals surface area (Å²) in [6.45, 7) is 5.74. The van der Waals surface area contributed by atoms with Crippen molar-refractivity contribution < 1.29 is 4.74 Å². The summed E-state index contributed by atoms with van der Waals surface area (Å²) in [5, 5.41) is 0.570. The Kier molecular flexibility index (Phi) is 3.74. The first kappa shape index (κ1) is 12.5. The third-order valence-corrected chi connectivity index (χ3v) is 3.28. The maximum Gasteiger partial charge on any atom is 0.152 e. The molecule has 0 aromatic carbocycles. The van der Waals surface area contributed by atoms with Crippen molar-refractivity contribution in [3.63, 3.8) is 0 Å². The fourth-order valence-electron chi connectivity index (χ4n) is 2.13. The number of anilines is 2. The van der Waals surface area contributed by atoms with Crippen molar-refractivity contribution in [2.75, 3.05) is 23.8 Å². The molecule has 1 aromatic rings. The van der Waals surface area contributed by atoms with Gasteiger partial charge in [0, 0.05) is 12.7 Å². The molecule has 0 spiro atoms. The molecule has 1 saturated heterocycles. The van der Waals surface area contributed by atoms with Gasteiger partial charge in [-0.15, -0.1) is 0 Å². The second-order valence-electron chi connectivity index (χ2n) is 4.42. The second kappa shape index (κ2) is 5.10. The lowest BCUT2D eigenvalue weighted by molar-refractivity contribution is 0.0297. The Hall–Kier alpha value is -1.00. The Morgan fingerprint density at radius 1 is 1.65 bits per heavy atom. The summed E-state index contributed by atoms with van der Waals surface area (Å²) in [6, 6.07) is 2.08. The fraction of sp³-hybridized carbons (Fsp3) is 0.583. The largest absolute Gasteiger partial charge is 0.396 e. The van der Waals surface area contributed by atoms with Gasteiger partial charge in [0.05, 0.1) is 29.5 Å². The van der Waals surface area contributed by atoms with E-state index in [0.29, 0.717) is 16.8 Å². The Labute approximate surface area is 107 Å². The van der Waals surface area contributed by atoms with Crippen LogP contribution in [-0.2, 0) is 4.74 Å². The molecular weight excluding hydrogens is 238 g/mol. The maximum absolute atomic E-state index is 5.99. The van der Waals surface area contributed by atoms with Crippen LogP contribution < -0.4 is 10.6 Å². The molecule has 17 heavy (non-hydrogen) atoms. The minimum atomic E-state index is 0.203. The van der Waals surface area contributed by atoms with Crippen molar-refractivity contribution in [3.05, 3.63) is 17.3 Å². The molecule has 1 aromatic heterocycles. The van der Waals surface area contributed by atoms with Crippen molar-refractivity contribution in [3.8, 4) is 0 Å². The molecule has 2 N–H and O–H groups in total. The molecule has 0 radical (unpaired) electrons. The molecule has 2 atom stereocenters. The summed E-state index contributed by atoms with van der Waals surface area (Å²) in [5.41, 5.74) is 6.61. The molecule has 1 fully saturated rings. The van der Waals surface area contributed by atoms with Crippen molar-refractivity contribution in [2.45, 2.75) is 32.4 Å². The number of rotatable bonds is 2. The molecule has 1 aliphatic heterocycles. The zero-order valence-electron chi connectivity index (χ0n) is 10.2. The number of aromatic nitrogens is 1. The van der Waals surface area contributed by atoms with Gasteiger partial charge in [0.2, 0.25) is 0 Å². The summed E-state index contributed by atoms with van der Waals surface area (Å²) in [4.78, 5) is 6.57. The lowest BCUT2D eigenvalue weighted by Gasteiger charge is -2.39. The molecule has 94 valence electrons. The molecule has 0 aliphatic carbocycles. The van der Waals surface area contributed by atoms with E-state index in [1.807, 2.05) is 0 Å². The number of halogens is 1. The number of hydrogen-bond acceptors (Lipinski definition) is 4. The molecule has 5 heteroatoms. The predicted molar refractivity (Wildman–Crippen MR) is 70.5 cm³/mol. The molecule has 2 heterocycles. The molecule has 0 saturated carbocycles. The fourth-order valence-corrected chi connectivity index (χ4v) is 2.30. The van der Waals surface area contributed by atoms with E-state index >= 15 is 0 Å². The second-order valence-corrected chi connectivity index (χ2v) is 4.86. The first-order chi connectivity index (χ1) is 8.11. The Balaban J connectivity index is 2.28. The van der Waals surface area contributed by atoms with Crippen LogP contribution >= 0.6 is 11.6 Å². The van der Waals surface area contributed by atoms with E-state index in [-0.39, 0.29) is 6.10 Å². The lowest BCUT2D eigenvalue weighted by Crippen LogP contribution is -2.49. The highest BCUT2D eigenvalue weighted by atomic mass is 35.5. The molecule has 4 nitrogen and oxygen atoms in total. The number of hydrogen-bond donors (Lipinski definition) is 1. The number of nitrogens with zero attached hydrogens (tertiary/aromatic N) is 2. The van der Waals surface area contributed by atoms with Crippen molar-refractivity contribution in [2.24, 2.45) is 0 Å². The monoisotopic (exact) mass is 255 g/mol. The van der Waals surface area contributed by atoms with E-state index in [4.69, 9.17) is 22.1 Å². The van der Waals surface area contributed by atoms with Gasteiger partial charge < -0.3 is 15.4 Å². The van der Waals surface area contributed by atoms with E-state index in [1.165, 1.54) is 0 Å². The Morgan fingerprint density at radius 2 is 2.41 bits per heavy atom. The van der Waals surface area contributed by atoms with Crippen LogP contribution in [0.1, 0.15) is 20.3 Å². The average molecular weight is 256 g/mol. The van der Waals surface area contributed by atoms with Crippen molar-refractivity contribution in [1.29, 1.82) is 0 Å².